The standard InChI is InChI=1S/C18H20Cl2O/c1-12-5-3-4-6-13(2)18(21)10-8-15(12)14-7-9-16(19)17(20)11-14/h3-7,9,11-13,15H,8,10H2,1-2H3/b5-3-,6-4-. The van der Waals surface area contributed by atoms with Gasteiger partial charge in [-0.25, -0.2) is 0 Å². The van der Waals surface area contributed by atoms with E-state index in [2.05, 4.69) is 13.0 Å². The maximum absolute atomic E-state index is 12.1. The molecule has 1 aliphatic carbocycles. The Labute approximate surface area is 136 Å². The molecule has 0 spiro atoms. The number of allylic oxidation sites excluding steroid dienone is 4. The average Bonchev–Trinajstić information content (AvgIpc) is 2.46. The first kappa shape index (κ1) is 16.3. The van der Waals surface area contributed by atoms with Crippen LogP contribution in [0.3, 0.4) is 0 Å². The van der Waals surface area contributed by atoms with Crippen molar-refractivity contribution in [2.75, 3.05) is 0 Å². The highest BCUT2D eigenvalue weighted by Gasteiger charge is 2.21. The van der Waals surface area contributed by atoms with Gasteiger partial charge in [0, 0.05) is 12.3 Å². The van der Waals surface area contributed by atoms with Crippen LogP contribution >= 0.6 is 23.2 Å². The molecule has 3 atom stereocenters. The van der Waals surface area contributed by atoms with Crippen LogP contribution in [0.5, 0.6) is 0 Å². The number of Topliss-reactive ketones (excluding diaryl/α,β-unsaturated/α-hetero) is 1. The van der Waals surface area contributed by atoms with Crippen LogP contribution in [-0.2, 0) is 4.79 Å². The summed E-state index contributed by atoms with van der Waals surface area (Å²) in [5.41, 5.74) is 1.14. The van der Waals surface area contributed by atoms with Gasteiger partial charge in [-0.3, -0.25) is 4.79 Å². The molecular weight excluding hydrogens is 303 g/mol. The number of hydrogen-bond acceptors (Lipinski definition) is 1. The zero-order valence-electron chi connectivity index (χ0n) is 12.4. The summed E-state index contributed by atoms with van der Waals surface area (Å²) in [6.45, 7) is 4.12. The third-order valence-corrected chi connectivity index (χ3v) is 4.88. The van der Waals surface area contributed by atoms with Gasteiger partial charge in [0.05, 0.1) is 10.0 Å². The van der Waals surface area contributed by atoms with Gasteiger partial charge in [-0.15, -0.1) is 0 Å². The van der Waals surface area contributed by atoms with Gasteiger partial charge in [0.2, 0.25) is 0 Å². The summed E-state index contributed by atoms with van der Waals surface area (Å²) >= 11 is 12.1. The van der Waals surface area contributed by atoms with E-state index in [-0.39, 0.29) is 11.8 Å². The lowest BCUT2D eigenvalue weighted by atomic mass is 9.81. The van der Waals surface area contributed by atoms with Crippen molar-refractivity contribution in [3.05, 3.63) is 58.1 Å². The third-order valence-electron chi connectivity index (χ3n) is 4.14. The Hall–Kier alpha value is -1.05. The van der Waals surface area contributed by atoms with Crippen LogP contribution in [0.2, 0.25) is 10.0 Å². The van der Waals surface area contributed by atoms with Crippen LogP contribution in [0.4, 0.5) is 0 Å². The number of carbonyl (C=O) groups excluding carboxylic acids is 1. The highest BCUT2D eigenvalue weighted by Crippen LogP contribution is 2.34. The van der Waals surface area contributed by atoms with E-state index < -0.39 is 0 Å². The molecule has 0 aliphatic heterocycles. The van der Waals surface area contributed by atoms with Gasteiger partial charge in [-0.1, -0.05) is 67.4 Å². The summed E-state index contributed by atoms with van der Waals surface area (Å²) in [5, 5.41) is 1.14. The van der Waals surface area contributed by atoms with Crippen molar-refractivity contribution in [1.29, 1.82) is 0 Å². The Morgan fingerprint density at radius 1 is 1.05 bits per heavy atom. The van der Waals surface area contributed by atoms with Crippen molar-refractivity contribution in [3.63, 3.8) is 0 Å². The Bertz CT molecular complexity index is 575. The molecule has 0 saturated heterocycles. The van der Waals surface area contributed by atoms with Crippen molar-refractivity contribution >= 4 is 29.0 Å². The van der Waals surface area contributed by atoms with Gasteiger partial charge in [0.15, 0.2) is 0 Å². The molecule has 0 N–H and O–H groups in total. The molecule has 0 heterocycles. The molecule has 1 aromatic rings. The van der Waals surface area contributed by atoms with E-state index in [0.717, 1.165) is 12.0 Å². The molecule has 3 heteroatoms. The molecule has 0 radical (unpaired) electrons. The van der Waals surface area contributed by atoms with Gasteiger partial charge in [-0.2, -0.15) is 0 Å². The summed E-state index contributed by atoms with van der Waals surface area (Å²) in [6.07, 6.45) is 9.58. The van der Waals surface area contributed by atoms with Crippen molar-refractivity contribution in [3.8, 4) is 0 Å². The number of hydrogen-bond donors (Lipinski definition) is 0. The normalized spacial score (nSPS) is 29.9. The average molecular weight is 323 g/mol. The summed E-state index contributed by atoms with van der Waals surface area (Å²) in [4.78, 5) is 12.1. The van der Waals surface area contributed by atoms with Crippen LogP contribution in [0.15, 0.2) is 42.5 Å². The topological polar surface area (TPSA) is 17.1 Å². The lowest BCUT2D eigenvalue weighted by Gasteiger charge is -2.23. The number of halogens is 2. The second-order valence-electron chi connectivity index (χ2n) is 5.70. The fourth-order valence-corrected chi connectivity index (χ4v) is 3.02. The smallest absolute Gasteiger partial charge is 0.139 e. The van der Waals surface area contributed by atoms with E-state index in [9.17, 15) is 4.79 Å². The first-order chi connectivity index (χ1) is 9.99. The molecule has 1 aromatic carbocycles. The number of carbonyl (C=O) groups is 1. The van der Waals surface area contributed by atoms with Crippen LogP contribution in [0.1, 0.15) is 38.2 Å². The summed E-state index contributed by atoms with van der Waals surface area (Å²) in [7, 11) is 0. The van der Waals surface area contributed by atoms with Crippen LogP contribution < -0.4 is 0 Å². The largest absolute Gasteiger partial charge is 0.299 e. The highest BCUT2D eigenvalue weighted by molar-refractivity contribution is 6.42. The highest BCUT2D eigenvalue weighted by atomic mass is 35.5. The molecule has 21 heavy (non-hydrogen) atoms. The van der Waals surface area contributed by atoms with Crippen LogP contribution in [-0.4, -0.2) is 5.78 Å². The van der Waals surface area contributed by atoms with Crippen molar-refractivity contribution < 1.29 is 4.79 Å². The molecule has 1 aliphatic rings. The van der Waals surface area contributed by atoms with Gasteiger partial charge >= 0.3 is 0 Å². The fraction of sp³-hybridized carbons (Fsp3) is 0.389. The first-order valence-electron chi connectivity index (χ1n) is 7.31. The van der Waals surface area contributed by atoms with Gasteiger partial charge in [0.1, 0.15) is 5.78 Å². The van der Waals surface area contributed by atoms with E-state index in [1.165, 1.54) is 0 Å². The van der Waals surface area contributed by atoms with E-state index in [4.69, 9.17) is 23.2 Å². The molecule has 0 aromatic heterocycles. The predicted molar refractivity (Wildman–Crippen MR) is 90.1 cm³/mol. The maximum Gasteiger partial charge on any atom is 0.139 e. The first-order valence-corrected chi connectivity index (χ1v) is 8.07. The van der Waals surface area contributed by atoms with Crippen molar-refractivity contribution in [2.45, 2.75) is 32.6 Å². The van der Waals surface area contributed by atoms with Gasteiger partial charge in [-0.05, 0) is 36.0 Å². The number of benzene rings is 1. The van der Waals surface area contributed by atoms with Gasteiger partial charge < -0.3 is 0 Å². The molecule has 0 fully saturated rings. The minimum atomic E-state index is -0.0162. The Balaban J connectivity index is 2.30. The summed E-state index contributed by atoms with van der Waals surface area (Å²) in [6, 6.07) is 5.77. The molecule has 0 saturated carbocycles. The minimum Gasteiger partial charge on any atom is -0.299 e. The molecule has 1 nitrogen and oxygen atoms in total. The van der Waals surface area contributed by atoms with E-state index in [0.29, 0.717) is 28.2 Å². The summed E-state index contributed by atoms with van der Waals surface area (Å²) < 4.78 is 0. The third kappa shape index (κ3) is 4.21. The van der Waals surface area contributed by atoms with Crippen molar-refractivity contribution in [1.82, 2.24) is 0 Å². The molecular formula is C18H20Cl2O. The molecule has 2 rings (SSSR count). The molecule has 0 amide bonds. The van der Waals surface area contributed by atoms with Crippen LogP contribution in [0.25, 0.3) is 0 Å². The second-order valence-corrected chi connectivity index (χ2v) is 6.52. The zero-order valence-corrected chi connectivity index (χ0v) is 13.9. The van der Waals surface area contributed by atoms with Gasteiger partial charge in [0.25, 0.3) is 0 Å². The molecule has 3 unspecified atom stereocenters. The van der Waals surface area contributed by atoms with E-state index >= 15 is 0 Å². The lowest BCUT2D eigenvalue weighted by Crippen LogP contribution is -2.14. The molecule has 0 bridgehead atoms. The van der Waals surface area contributed by atoms with E-state index in [1.807, 2.05) is 43.4 Å². The lowest BCUT2D eigenvalue weighted by molar-refractivity contribution is -0.121. The maximum atomic E-state index is 12.1. The SMILES string of the molecule is CC1/C=C\C=C/C(C)C(c2ccc(Cl)c(Cl)c2)CCC1=O. The van der Waals surface area contributed by atoms with Crippen LogP contribution in [0, 0.1) is 11.8 Å². The monoisotopic (exact) mass is 322 g/mol. The Kier molecular flexibility index (Phi) is 5.66. The fourth-order valence-electron chi connectivity index (χ4n) is 2.71. The van der Waals surface area contributed by atoms with Crippen molar-refractivity contribution in [2.24, 2.45) is 11.8 Å². The van der Waals surface area contributed by atoms with E-state index in [1.54, 1.807) is 0 Å². The summed E-state index contributed by atoms with van der Waals surface area (Å²) in [5.74, 6) is 0.892. The quantitative estimate of drug-likeness (QED) is 0.636. The molecule has 112 valence electrons. The minimum absolute atomic E-state index is 0.0162. The number of rotatable bonds is 1. The number of ketones is 1. The Morgan fingerprint density at radius 2 is 1.76 bits per heavy atom. The second kappa shape index (κ2) is 7.29. The Morgan fingerprint density at radius 3 is 2.48 bits per heavy atom. The predicted octanol–water partition coefficient (Wildman–Crippen LogP) is 5.82. The zero-order chi connectivity index (χ0) is 15.4.